The molecule has 9 heteroatoms. The Balaban J connectivity index is 1.70. The predicted molar refractivity (Wildman–Crippen MR) is 91.6 cm³/mol. The molecule has 0 spiro atoms. The van der Waals surface area contributed by atoms with Gasteiger partial charge in [0.25, 0.3) is 5.91 Å². The molecule has 0 aliphatic carbocycles. The number of carbonyl (C=O) groups excluding carboxylic acids is 2. The summed E-state index contributed by atoms with van der Waals surface area (Å²) in [4.78, 5) is 24.3. The molecule has 1 heterocycles. The first-order chi connectivity index (χ1) is 12.8. The number of nitrogens with one attached hydrogen (secondary N) is 1. The van der Waals surface area contributed by atoms with Gasteiger partial charge < -0.3 is 10.1 Å². The van der Waals surface area contributed by atoms with E-state index in [1.165, 1.54) is 31.2 Å². The van der Waals surface area contributed by atoms with Gasteiger partial charge in [-0.25, -0.2) is 22.4 Å². The summed E-state index contributed by atoms with van der Waals surface area (Å²) in [5, 5.41) is 2.53. The fraction of sp³-hybridized carbons (Fsp3) is 0.111. The molecule has 0 radical (unpaired) electrons. The smallest absolute Gasteiger partial charge is 0.349 e. The Labute approximate surface area is 154 Å². The van der Waals surface area contributed by atoms with Gasteiger partial charge in [-0.3, -0.25) is 4.79 Å². The van der Waals surface area contributed by atoms with Crippen LogP contribution in [0.15, 0.2) is 36.4 Å². The molecule has 1 amide bonds. The molecule has 0 bridgehead atoms. The minimum absolute atomic E-state index is 0.147. The van der Waals surface area contributed by atoms with Gasteiger partial charge in [-0.1, -0.05) is 0 Å². The summed E-state index contributed by atoms with van der Waals surface area (Å²) in [5.41, 5.74) is -0.584. The highest BCUT2D eigenvalue weighted by Crippen LogP contribution is 2.27. The van der Waals surface area contributed by atoms with Crippen molar-refractivity contribution in [3.8, 4) is 0 Å². The summed E-state index contributed by atoms with van der Waals surface area (Å²) in [6.45, 7) is 1.23. The van der Waals surface area contributed by atoms with Crippen LogP contribution in [0.2, 0.25) is 0 Å². The molecule has 1 N–H and O–H groups in total. The summed E-state index contributed by atoms with van der Waals surface area (Å²) in [7, 11) is 0. The van der Waals surface area contributed by atoms with Crippen molar-refractivity contribution in [1.82, 2.24) is 0 Å². The van der Waals surface area contributed by atoms with Crippen molar-refractivity contribution in [1.29, 1.82) is 0 Å². The zero-order chi connectivity index (χ0) is 19.7. The number of anilines is 1. The monoisotopic (exact) mass is 397 g/mol. The number of thiophene rings is 1. The molecule has 0 saturated carbocycles. The van der Waals surface area contributed by atoms with Gasteiger partial charge in [-0.2, -0.15) is 0 Å². The topological polar surface area (TPSA) is 55.4 Å². The van der Waals surface area contributed by atoms with Gasteiger partial charge in [0, 0.05) is 4.70 Å². The lowest BCUT2D eigenvalue weighted by molar-refractivity contribution is -0.123. The highest BCUT2D eigenvalue weighted by atomic mass is 32.1. The van der Waals surface area contributed by atoms with Crippen molar-refractivity contribution in [2.24, 2.45) is 0 Å². The van der Waals surface area contributed by atoms with E-state index in [1.807, 2.05) is 5.32 Å². The van der Waals surface area contributed by atoms with Crippen molar-refractivity contribution in [3.63, 3.8) is 0 Å². The molecule has 1 atom stereocenters. The van der Waals surface area contributed by atoms with Gasteiger partial charge in [0.05, 0.1) is 5.69 Å². The molecule has 27 heavy (non-hydrogen) atoms. The van der Waals surface area contributed by atoms with E-state index >= 15 is 0 Å². The first-order valence-corrected chi connectivity index (χ1v) is 8.42. The summed E-state index contributed by atoms with van der Waals surface area (Å²) in [6, 6.07) is 6.94. The molecule has 140 valence electrons. The fourth-order valence-electron chi connectivity index (χ4n) is 2.24. The van der Waals surface area contributed by atoms with E-state index in [1.54, 1.807) is 0 Å². The lowest BCUT2D eigenvalue weighted by Crippen LogP contribution is -2.30. The maximum absolute atomic E-state index is 13.6. The maximum atomic E-state index is 13.6. The zero-order valence-corrected chi connectivity index (χ0v) is 14.5. The Morgan fingerprint density at radius 3 is 2.52 bits per heavy atom. The first kappa shape index (κ1) is 18.8. The van der Waals surface area contributed by atoms with Gasteiger partial charge in [-0.15, -0.1) is 11.3 Å². The second kappa shape index (κ2) is 7.36. The molecule has 3 aromatic rings. The molecular formula is C18H11F4NO3S. The number of rotatable bonds is 4. The number of halogens is 4. The molecule has 1 aromatic heterocycles. The van der Waals surface area contributed by atoms with E-state index in [-0.39, 0.29) is 4.88 Å². The predicted octanol–water partition coefficient (Wildman–Crippen LogP) is 4.64. The fourth-order valence-corrected chi connectivity index (χ4v) is 3.17. The van der Waals surface area contributed by atoms with Crippen LogP contribution in [0.4, 0.5) is 23.2 Å². The van der Waals surface area contributed by atoms with Crippen LogP contribution < -0.4 is 5.32 Å². The third kappa shape index (κ3) is 3.92. The summed E-state index contributed by atoms with van der Waals surface area (Å²) in [5.74, 6) is -6.90. The highest BCUT2D eigenvalue weighted by molar-refractivity contribution is 7.20. The second-order valence-corrected chi connectivity index (χ2v) is 6.64. The van der Waals surface area contributed by atoms with E-state index in [2.05, 4.69) is 0 Å². The van der Waals surface area contributed by atoms with Crippen molar-refractivity contribution in [3.05, 3.63) is 64.5 Å². The van der Waals surface area contributed by atoms with E-state index in [0.29, 0.717) is 16.2 Å². The average Bonchev–Trinajstić information content (AvgIpc) is 3.05. The molecule has 0 unspecified atom stereocenters. The van der Waals surface area contributed by atoms with Crippen LogP contribution in [-0.4, -0.2) is 18.0 Å². The summed E-state index contributed by atoms with van der Waals surface area (Å²) in [6.07, 6.45) is -1.34. The van der Waals surface area contributed by atoms with Crippen LogP contribution >= 0.6 is 11.3 Å². The van der Waals surface area contributed by atoms with E-state index in [4.69, 9.17) is 4.74 Å². The molecule has 0 aliphatic heterocycles. The number of amides is 1. The number of benzene rings is 2. The Bertz CT molecular complexity index is 1050. The molecule has 0 saturated heterocycles. The zero-order valence-electron chi connectivity index (χ0n) is 13.7. The Hall–Kier alpha value is -2.94. The third-order valence-electron chi connectivity index (χ3n) is 3.63. The van der Waals surface area contributed by atoms with Crippen LogP contribution in [0.3, 0.4) is 0 Å². The number of carbonyl (C=O) groups is 2. The molecule has 4 nitrogen and oxygen atoms in total. The number of ether oxygens (including phenoxy) is 1. The first-order valence-electron chi connectivity index (χ1n) is 7.60. The Morgan fingerprint density at radius 1 is 1.04 bits per heavy atom. The van der Waals surface area contributed by atoms with E-state index in [9.17, 15) is 27.2 Å². The van der Waals surface area contributed by atoms with Crippen molar-refractivity contribution in [2.45, 2.75) is 13.0 Å². The molecule has 0 fully saturated rings. The Kier molecular flexibility index (Phi) is 5.13. The van der Waals surface area contributed by atoms with Gasteiger partial charge in [-0.05, 0) is 48.7 Å². The molecule has 0 aliphatic rings. The molecule has 3 rings (SSSR count). The van der Waals surface area contributed by atoms with Gasteiger partial charge >= 0.3 is 5.97 Å². The van der Waals surface area contributed by atoms with Crippen molar-refractivity contribution in [2.75, 3.05) is 5.32 Å². The normalized spacial score (nSPS) is 12.0. The van der Waals surface area contributed by atoms with Crippen LogP contribution in [0.25, 0.3) is 10.1 Å². The molecular weight excluding hydrogens is 386 g/mol. The Morgan fingerprint density at radius 2 is 1.78 bits per heavy atom. The van der Waals surface area contributed by atoms with Crippen molar-refractivity contribution < 1.29 is 31.9 Å². The third-order valence-corrected chi connectivity index (χ3v) is 4.72. The quantitative estimate of drug-likeness (QED) is 0.396. The summed E-state index contributed by atoms with van der Waals surface area (Å²) < 4.78 is 58.6. The van der Waals surface area contributed by atoms with Crippen LogP contribution in [0, 0.1) is 23.3 Å². The van der Waals surface area contributed by atoms with Gasteiger partial charge in [0.15, 0.2) is 23.6 Å². The number of hydrogen-bond donors (Lipinski definition) is 1. The SMILES string of the molecule is C[C@@H](OC(=O)c1cc2cc(F)ccc2s1)C(=O)Nc1ccc(F)c(F)c1F. The van der Waals surface area contributed by atoms with E-state index < -0.39 is 46.9 Å². The largest absolute Gasteiger partial charge is 0.448 e. The number of hydrogen-bond acceptors (Lipinski definition) is 4. The number of fused-ring (bicyclic) bond motifs is 1. The van der Waals surface area contributed by atoms with Gasteiger partial charge in [0.2, 0.25) is 0 Å². The second-order valence-electron chi connectivity index (χ2n) is 5.55. The lowest BCUT2D eigenvalue weighted by atomic mass is 10.2. The summed E-state index contributed by atoms with van der Waals surface area (Å²) >= 11 is 1.05. The van der Waals surface area contributed by atoms with Crippen LogP contribution in [0.1, 0.15) is 16.6 Å². The minimum atomic E-state index is -1.73. The standard InChI is InChI=1S/C18H11F4NO3S/c1-8(17(24)23-12-4-3-11(20)15(21)16(12)22)26-18(25)14-7-9-6-10(19)2-5-13(9)27-14/h2-8H,1H3,(H,23,24)/t8-/m1/s1. The number of esters is 1. The maximum Gasteiger partial charge on any atom is 0.349 e. The van der Waals surface area contributed by atoms with E-state index in [0.717, 1.165) is 17.4 Å². The van der Waals surface area contributed by atoms with Crippen LogP contribution in [0.5, 0.6) is 0 Å². The van der Waals surface area contributed by atoms with Gasteiger partial charge in [0.1, 0.15) is 10.7 Å². The minimum Gasteiger partial charge on any atom is -0.448 e. The van der Waals surface area contributed by atoms with Crippen molar-refractivity contribution >= 4 is 39.0 Å². The lowest BCUT2D eigenvalue weighted by Gasteiger charge is -2.13. The highest BCUT2D eigenvalue weighted by Gasteiger charge is 2.23. The van der Waals surface area contributed by atoms with Crippen LogP contribution in [-0.2, 0) is 9.53 Å². The average molecular weight is 397 g/mol. The molecule has 2 aromatic carbocycles.